The van der Waals surface area contributed by atoms with Crippen LogP contribution in [0.15, 0.2) is 12.3 Å². The lowest BCUT2D eigenvalue weighted by molar-refractivity contribution is 0.373. The third kappa shape index (κ3) is 3.18. The van der Waals surface area contributed by atoms with E-state index in [9.17, 15) is 0 Å². The molecular formula is C12H19N3. The zero-order valence-corrected chi connectivity index (χ0v) is 9.37. The van der Waals surface area contributed by atoms with Crippen LogP contribution in [0.3, 0.4) is 0 Å². The molecule has 2 rings (SSSR count). The van der Waals surface area contributed by atoms with Crippen molar-refractivity contribution in [1.82, 2.24) is 9.97 Å². The Hall–Kier alpha value is -1.12. The Kier molecular flexibility index (Phi) is 3.54. The van der Waals surface area contributed by atoms with Gasteiger partial charge in [-0.25, -0.2) is 9.97 Å². The topological polar surface area (TPSA) is 37.8 Å². The Morgan fingerprint density at radius 3 is 2.87 bits per heavy atom. The fraction of sp³-hybridized carbons (Fsp3) is 0.667. The smallest absolute Gasteiger partial charge is 0.222 e. The molecule has 0 unspecified atom stereocenters. The van der Waals surface area contributed by atoms with E-state index in [2.05, 4.69) is 15.3 Å². The lowest BCUT2D eigenvalue weighted by Crippen LogP contribution is -2.18. The maximum absolute atomic E-state index is 4.34. The summed E-state index contributed by atoms with van der Waals surface area (Å²) in [5, 5.41) is 3.33. The van der Waals surface area contributed by atoms with E-state index in [1.54, 1.807) is 0 Å². The molecule has 0 spiro atoms. The van der Waals surface area contributed by atoms with Crippen LogP contribution in [0.25, 0.3) is 0 Å². The van der Waals surface area contributed by atoms with Crippen molar-refractivity contribution in [2.24, 2.45) is 5.92 Å². The van der Waals surface area contributed by atoms with Crippen molar-refractivity contribution < 1.29 is 0 Å². The molecule has 3 heteroatoms. The highest BCUT2D eigenvalue weighted by molar-refractivity contribution is 5.24. The van der Waals surface area contributed by atoms with Gasteiger partial charge in [0.25, 0.3) is 0 Å². The average molecular weight is 205 g/mol. The Morgan fingerprint density at radius 2 is 2.13 bits per heavy atom. The summed E-state index contributed by atoms with van der Waals surface area (Å²) in [5.74, 6) is 1.60. The summed E-state index contributed by atoms with van der Waals surface area (Å²) >= 11 is 0. The minimum absolute atomic E-state index is 0.778. The van der Waals surface area contributed by atoms with Gasteiger partial charge in [0.05, 0.1) is 0 Å². The van der Waals surface area contributed by atoms with Crippen LogP contribution in [-0.2, 0) is 0 Å². The highest BCUT2D eigenvalue weighted by atomic mass is 15.1. The largest absolute Gasteiger partial charge is 0.354 e. The lowest BCUT2D eigenvalue weighted by atomic mass is 9.89. The third-order valence-corrected chi connectivity index (χ3v) is 3.07. The second-order valence-corrected chi connectivity index (χ2v) is 4.41. The molecule has 0 aliphatic heterocycles. The number of hydrogen-bond donors (Lipinski definition) is 1. The van der Waals surface area contributed by atoms with Crippen molar-refractivity contribution in [1.29, 1.82) is 0 Å². The molecule has 0 amide bonds. The number of rotatable bonds is 3. The summed E-state index contributed by atoms with van der Waals surface area (Å²) in [4.78, 5) is 8.54. The molecule has 82 valence electrons. The van der Waals surface area contributed by atoms with Crippen LogP contribution in [-0.4, -0.2) is 16.5 Å². The first-order chi connectivity index (χ1) is 7.34. The number of aryl methyl sites for hydroxylation is 1. The first kappa shape index (κ1) is 10.4. The Bertz CT molecular complexity index is 305. The van der Waals surface area contributed by atoms with Gasteiger partial charge in [0.15, 0.2) is 0 Å². The summed E-state index contributed by atoms with van der Waals surface area (Å²) in [6.07, 6.45) is 8.72. The van der Waals surface area contributed by atoms with Crippen molar-refractivity contribution in [3.05, 3.63) is 18.0 Å². The van der Waals surface area contributed by atoms with Gasteiger partial charge in [-0.2, -0.15) is 0 Å². The number of nitrogens with zero attached hydrogens (tertiary/aromatic N) is 2. The molecule has 1 aliphatic carbocycles. The van der Waals surface area contributed by atoms with E-state index in [-0.39, 0.29) is 0 Å². The number of hydrogen-bond acceptors (Lipinski definition) is 3. The fourth-order valence-corrected chi connectivity index (χ4v) is 2.16. The molecule has 0 bridgehead atoms. The van der Waals surface area contributed by atoms with E-state index in [0.29, 0.717) is 0 Å². The normalized spacial score (nSPS) is 17.7. The second-order valence-electron chi connectivity index (χ2n) is 4.41. The maximum Gasteiger partial charge on any atom is 0.222 e. The first-order valence-electron chi connectivity index (χ1n) is 5.88. The molecule has 0 radical (unpaired) electrons. The first-order valence-corrected chi connectivity index (χ1v) is 5.88. The Labute approximate surface area is 91.3 Å². The lowest BCUT2D eigenvalue weighted by Gasteiger charge is -2.21. The van der Waals surface area contributed by atoms with Gasteiger partial charge >= 0.3 is 0 Å². The van der Waals surface area contributed by atoms with Gasteiger partial charge in [-0.3, -0.25) is 0 Å². The Balaban J connectivity index is 1.81. The van der Waals surface area contributed by atoms with E-state index < -0.39 is 0 Å². The van der Waals surface area contributed by atoms with Gasteiger partial charge in [-0.15, -0.1) is 0 Å². The van der Waals surface area contributed by atoms with Gasteiger partial charge in [0, 0.05) is 18.4 Å². The molecule has 1 aromatic rings. The molecule has 3 nitrogen and oxygen atoms in total. The van der Waals surface area contributed by atoms with E-state index in [4.69, 9.17) is 0 Å². The van der Waals surface area contributed by atoms with Crippen LogP contribution >= 0.6 is 0 Å². The van der Waals surface area contributed by atoms with E-state index in [1.807, 2.05) is 19.2 Å². The summed E-state index contributed by atoms with van der Waals surface area (Å²) in [5.41, 5.74) is 1.02. The van der Waals surface area contributed by atoms with Crippen LogP contribution in [0.2, 0.25) is 0 Å². The number of nitrogens with one attached hydrogen (secondary N) is 1. The fourth-order valence-electron chi connectivity index (χ4n) is 2.16. The molecule has 0 atom stereocenters. The van der Waals surface area contributed by atoms with Crippen LogP contribution in [0.4, 0.5) is 5.95 Å². The highest BCUT2D eigenvalue weighted by Gasteiger charge is 2.13. The number of anilines is 1. The van der Waals surface area contributed by atoms with Gasteiger partial charge in [0.2, 0.25) is 5.95 Å². The minimum Gasteiger partial charge on any atom is -0.354 e. The molecule has 1 N–H and O–H groups in total. The second kappa shape index (κ2) is 5.10. The molecule has 15 heavy (non-hydrogen) atoms. The maximum atomic E-state index is 4.34. The Morgan fingerprint density at radius 1 is 1.33 bits per heavy atom. The molecule has 0 aromatic carbocycles. The van der Waals surface area contributed by atoms with Crippen LogP contribution in [0.5, 0.6) is 0 Å². The van der Waals surface area contributed by atoms with Crippen molar-refractivity contribution in [2.75, 3.05) is 11.9 Å². The average Bonchev–Trinajstić information content (AvgIpc) is 2.28. The van der Waals surface area contributed by atoms with Crippen LogP contribution in [0.1, 0.15) is 37.8 Å². The van der Waals surface area contributed by atoms with Crippen molar-refractivity contribution in [3.63, 3.8) is 0 Å². The van der Waals surface area contributed by atoms with E-state index >= 15 is 0 Å². The summed E-state index contributed by atoms with van der Waals surface area (Å²) < 4.78 is 0. The highest BCUT2D eigenvalue weighted by Crippen LogP contribution is 2.23. The summed E-state index contributed by atoms with van der Waals surface area (Å²) in [6.45, 7) is 3.02. The zero-order valence-electron chi connectivity index (χ0n) is 9.37. The monoisotopic (exact) mass is 205 g/mol. The zero-order chi connectivity index (χ0) is 10.5. The number of aromatic nitrogens is 2. The molecular weight excluding hydrogens is 186 g/mol. The molecule has 1 heterocycles. The third-order valence-electron chi connectivity index (χ3n) is 3.07. The predicted octanol–water partition coefficient (Wildman–Crippen LogP) is 2.78. The van der Waals surface area contributed by atoms with Crippen LogP contribution in [0, 0.1) is 12.8 Å². The van der Waals surface area contributed by atoms with Crippen molar-refractivity contribution >= 4 is 5.95 Å². The van der Waals surface area contributed by atoms with E-state index in [1.165, 1.54) is 32.1 Å². The van der Waals surface area contributed by atoms with Gasteiger partial charge < -0.3 is 5.32 Å². The predicted molar refractivity (Wildman–Crippen MR) is 61.8 cm³/mol. The van der Waals surface area contributed by atoms with Crippen LogP contribution < -0.4 is 5.32 Å². The molecule has 1 saturated carbocycles. The molecule has 1 fully saturated rings. The summed E-state index contributed by atoms with van der Waals surface area (Å²) in [7, 11) is 0. The molecule has 0 saturated heterocycles. The van der Waals surface area contributed by atoms with Crippen molar-refractivity contribution in [3.8, 4) is 0 Å². The van der Waals surface area contributed by atoms with Gasteiger partial charge in [-0.1, -0.05) is 19.3 Å². The van der Waals surface area contributed by atoms with Crippen molar-refractivity contribution in [2.45, 2.75) is 39.0 Å². The molecule has 1 aliphatic rings. The van der Waals surface area contributed by atoms with E-state index in [0.717, 1.165) is 24.1 Å². The minimum atomic E-state index is 0.778. The van der Waals surface area contributed by atoms with Gasteiger partial charge in [0.1, 0.15) is 0 Å². The SMILES string of the molecule is Cc1ccnc(NCC2CCCCC2)n1. The standard InChI is InChI=1S/C12H19N3/c1-10-7-8-13-12(15-10)14-9-11-5-3-2-4-6-11/h7-8,11H,2-6,9H2,1H3,(H,13,14,15). The summed E-state index contributed by atoms with van der Waals surface area (Å²) in [6, 6.07) is 1.92. The molecule has 1 aromatic heterocycles. The quantitative estimate of drug-likeness (QED) is 0.824. The van der Waals surface area contributed by atoms with Gasteiger partial charge in [-0.05, 0) is 31.7 Å².